The number of hydrogen-bond acceptors (Lipinski definition) is 2. The molecule has 1 N–H and O–H groups in total. The van der Waals surface area contributed by atoms with Crippen molar-refractivity contribution in [2.24, 2.45) is 17.8 Å². The first-order valence-electron chi connectivity index (χ1n) is 6.87. The zero-order valence-electron chi connectivity index (χ0n) is 10.2. The zero-order chi connectivity index (χ0) is 11.0. The van der Waals surface area contributed by atoms with Gasteiger partial charge in [0.05, 0.1) is 12.7 Å². The zero-order valence-corrected chi connectivity index (χ0v) is 10.2. The van der Waals surface area contributed by atoms with E-state index in [-0.39, 0.29) is 0 Å². The molecule has 1 saturated heterocycles. The second-order valence-electron chi connectivity index (χ2n) is 5.78. The maximum atomic E-state index is 5.99. The van der Waals surface area contributed by atoms with Gasteiger partial charge in [-0.3, -0.25) is 0 Å². The number of fused-ring (bicyclic) bond motifs is 1. The lowest BCUT2D eigenvalue weighted by Crippen LogP contribution is -2.33. The van der Waals surface area contributed by atoms with Crippen LogP contribution in [0.15, 0.2) is 11.6 Å². The summed E-state index contributed by atoms with van der Waals surface area (Å²) in [6.07, 6.45) is 8.57. The van der Waals surface area contributed by atoms with E-state index in [0.29, 0.717) is 12.0 Å². The van der Waals surface area contributed by atoms with Gasteiger partial charge in [-0.1, -0.05) is 31.4 Å². The van der Waals surface area contributed by atoms with E-state index in [4.69, 9.17) is 4.74 Å². The standard InChI is InChI=1S/C14H23NO/c1-10-6-11(8-15-7-10)13-9-16-14-5-3-2-4-12(13)14/h6,10,12-15H,2-5,7-9H2,1H3/t10-,12?,13?,14?/m0/s1. The molecule has 2 heteroatoms. The Morgan fingerprint density at radius 3 is 3.06 bits per heavy atom. The first kappa shape index (κ1) is 10.8. The van der Waals surface area contributed by atoms with E-state index < -0.39 is 0 Å². The summed E-state index contributed by atoms with van der Waals surface area (Å²) in [5.41, 5.74) is 1.63. The van der Waals surface area contributed by atoms with E-state index in [1.807, 2.05) is 0 Å². The quantitative estimate of drug-likeness (QED) is 0.686. The van der Waals surface area contributed by atoms with Crippen LogP contribution in [0, 0.1) is 17.8 Å². The smallest absolute Gasteiger partial charge is 0.0610 e. The predicted octanol–water partition coefficient (Wildman–Crippen LogP) is 2.36. The third kappa shape index (κ3) is 1.93. The Morgan fingerprint density at radius 1 is 1.31 bits per heavy atom. The third-order valence-corrected chi connectivity index (χ3v) is 4.53. The van der Waals surface area contributed by atoms with Gasteiger partial charge in [0.2, 0.25) is 0 Å². The molecule has 2 fully saturated rings. The van der Waals surface area contributed by atoms with Gasteiger partial charge < -0.3 is 10.1 Å². The molecule has 0 amide bonds. The van der Waals surface area contributed by atoms with Crippen LogP contribution >= 0.6 is 0 Å². The Bertz CT molecular complexity index is 286. The summed E-state index contributed by atoms with van der Waals surface area (Å²) in [6, 6.07) is 0. The molecular weight excluding hydrogens is 198 g/mol. The predicted molar refractivity (Wildman–Crippen MR) is 65.3 cm³/mol. The maximum Gasteiger partial charge on any atom is 0.0610 e. The number of hydrogen-bond donors (Lipinski definition) is 1. The molecule has 0 aromatic heterocycles. The molecule has 90 valence electrons. The topological polar surface area (TPSA) is 21.3 Å². The van der Waals surface area contributed by atoms with Crippen molar-refractivity contribution in [1.29, 1.82) is 0 Å². The maximum absolute atomic E-state index is 5.99. The highest BCUT2D eigenvalue weighted by atomic mass is 16.5. The van der Waals surface area contributed by atoms with Gasteiger partial charge >= 0.3 is 0 Å². The molecule has 1 saturated carbocycles. The van der Waals surface area contributed by atoms with Gasteiger partial charge in [-0.15, -0.1) is 0 Å². The van der Waals surface area contributed by atoms with Gasteiger partial charge in [0, 0.05) is 19.0 Å². The van der Waals surface area contributed by atoms with Crippen LogP contribution in [0.2, 0.25) is 0 Å². The Hall–Kier alpha value is -0.340. The summed E-state index contributed by atoms with van der Waals surface area (Å²) < 4.78 is 5.99. The average Bonchev–Trinajstić information content (AvgIpc) is 2.72. The van der Waals surface area contributed by atoms with Crippen LogP contribution < -0.4 is 5.32 Å². The number of rotatable bonds is 1. The Balaban J connectivity index is 1.74. The van der Waals surface area contributed by atoms with Gasteiger partial charge in [-0.05, 0) is 24.7 Å². The van der Waals surface area contributed by atoms with Crippen molar-refractivity contribution < 1.29 is 4.74 Å². The lowest BCUT2D eigenvalue weighted by molar-refractivity contribution is 0.0663. The molecule has 3 rings (SSSR count). The van der Waals surface area contributed by atoms with E-state index in [9.17, 15) is 0 Å². The second-order valence-corrected chi connectivity index (χ2v) is 5.78. The SMILES string of the molecule is C[C@H]1C=C(C2COC3CCCCC32)CNC1. The summed E-state index contributed by atoms with van der Waals surface area (Å²) in [5, 5.41) is 3.53. The largest absolute Gasteiger partial charge is 0.377 e. The van der Waals surface area contributed by atoms with Crippen molar-refractivity contribution in [2.45, 2.75) is 38.7 Å². The summed E-state index contributed by atoms with van der Waals surface area (Å²) in [5.74, 6) is 2.25. The molecule has 2 nitrogen and oxygen atoms in total. The highest BCUT2D eigenvalue weighted by Crippen LogP contribution is 2.41. The molecule has 0 spiro atoms. The number of nitrogens with one attached hydrogen (secondary N) is 1. The van der Waals surface area contributed by atoms with Crippen LogP contribution in [0.25, 0.3) is 0 Å². The van der Waals surface area contributed by atoms with Crippen molar-refractivity contribution in [3.63, 3.8) is 0 Å². The highest BCUT2D eigenvalue weighted by Gasteiger charge is 2.40. The minimum Gasteiger partial charge on any atom is -0.377 e. The van der Waals surface area contributed by atoms with Gasteiger partial charge in [-0.2, -0.15) is 0 Å². The van der Waals surface area contributed by atoms with Gasteiger partial charge in [0.25, 0.3) is 0 Å². The van der Waals surface area contributed by atoms with Crippen molar-refractivity contribution in [3.8, 4) is 0 Å². The van der Waals surface area contributed by atoms with Crippen molar-refractivity contribution in [2.75, 3.05) is 19.7 Å². The molecule has 3 unspecified atom stereocenters. The lowest BCUT2D eigenvalue weighted by atomic mass is 9.76. The van der Waals surface area contributed by atoms with Gasteiger partial charge in [-0.25, -0.2) is 0 Å². The Morgan fingerprint density at radius 2 is 2.19 bits per heavy atom. The van der Waals surface area contributed by atoms with E-state index in [1.54, 1.807) is 5.57 Å². The molecule has 1 aliphatic carbocycles. The highest BCUT2D eigenvalue weighted by molar-refractivity contribution is 5.17. The molecular formula is C14H23NO. The summed E-state index contributed by atoms with van der Waals surface area (Å²) >= 11 is 0. The summed E-state index contributed by atoms with van der Waals surface area (Å²) in [6.45, 7) is 5.53. The Labute approximate surface area is 98.4 Å². The van der Waals surface area contributed by atoms with Gasteiger partial charge in [0.15, 0.2) is 0 Å². The Kier molecular flexibility index (Phi) is 3.03. The minimum atomic E-state index is 0.580. The monoisotopic (exact) mass is 221 g/mol. The molecule has 16 heavy (non-hydrogen) atoms. The van der Waals surface area contributed by atoms with Crippen molar-refractivity contribution in [3.05, 3.63) is 11.6 Å². The molecule has 0 aromatic carbocycles. The van der Waals surface area contributed by atoms with Crippen LogP contribution in [0.5, 0.6) is 0 Å². The fraction of sp³-hybridized carbons (Fsp3) is 0.857. The number of ether oxygens (including phenoxy) is 1. The first-order chi connectivity index (χ1) is 7.84. The van der Waals surface area contributed by atoms with Crippen LogP contribution in [0.1, 0.15) is 32.6 Å². The van der Waals surface area contributed by atoms with Crippen molar-refractivity contribution >= 4 is 0 Å². The molecule has 0 aromatic rings. The summed E-state index contributed by atoms with van der Waals surface area (Å²) in [4.78, 5) is 0. The van der Waals surface area contributed by atoms with Crippen LogP contribution in [0.3, 0.4) is 0 Å². The van der Waals surface area contributed by atoms with Crippen molar-refractivity contribution in [1.82, 2.24) is 5.32 Å². The van der Waals surface area contributed by atoms with E-state index in [1.165, 1.54) is 25.7 Å². The molecule has 3 aliphatic rings. The molecule has 2 heterocycles. The molecule has 4 atom stereocenters. The third-order valence-electron chi connectivity index (χ3n) is 4.53. The van der Waals surface area contributed by atoms with E-state index in [0.717, 1.165) is 31.5 Å². The van der Waals surface area contributed by atoms with Gasteiger partial charge in [0.1, 0.15) is 0 Å². The van der Waals surface area contributed by atoms with Crippen LogP contribution in [-0.2, 0) is 4.74 Å². The van der Waals surface area contributed by atoms with Crippen LogP contribution in [0.4, 0.5) is 0 Å². The molecule has 2 aliphatic heterocycles. The van der Waals surface area contributed by atoms with Crippen LogP contribution in [-0.4, -0.2) is 25.8 Å². The molecule has 0 bridgehead atoms. The summed E-state index contributed by atoms with van der Waals surface area (Å²) in [7, 11) is 0. The normalized spacial score (nSPS) is 43.9. The minimum absolute atomic E-state index is 0.580. The molecule has 0 radical (unpaired) electrons. The average molecular weight is 221 g/mol. The fourth-order valence-corrected chi connectivity index (χ4v) is 3.71. The second kappa shape index (κ2) is 4.50. The fourth-order valence-electron chi connectivity index (χ4n) is 3.71. The van der Waals surface area contributed by atoms with E-state index >= 15 is 0 Å². The van der Waals surface area contributed by atoms with E-state index in [2.05, 4.69) is 18.3 Å². The first-order valence-corrected chi connectivity index (χ1v) is 6.87. The lowest BCUT2D eigenvalue weighted by Gasteiger charge is -2.30.